The number of carbonyl (C=O) groups excluding carboxylic acids is 1. The molecule has 24 heavy (non-hydrogen) atoms. The van der Waals surface area contributed by atoms with Crippen molar-refractivity contribution in [2.45, 2.75) is 19.4 Å². The van der Waals surface area contributed by atoms with Crippen LogP contribution in [0.3, 0.4) is 0 Å². The molecule has 0 saturated carbocycles. The molecular weight excluding hydrogens is 302 g/mol. The topological polar surface area (TPSA) is 50.5 Å². The molecule has 1 unspecified atom stereocenters. The van der Waals surface area contributed by atoms with Crippen molar-refractivity contribution in [3.8, 4) is 0 Å². The SMILES string of the molecule is CC1CN(C(=O)c2cc3ccccc3oc2=O)Cc2ccccc21. The van der Waals surface area contributed by atoms with Gasteiger partial charge in [0.1, 0.15) is 11.1 Å². The average molecular weight is 319 g/mol. The van der Waals surface area contributed by atoms with E-state index in [9.17, 15) is 9.59 Å². The van der Waals surface area contributed by atoms with Crippen LogP contribution in [0.25, 0.3) is 11.0 Å². The number of fused-ring (bicyclic) bond motifs is 2. The highest BCUT2D eigenvalue weighted by molar-refractivity contribution is 5.96. The summed E-state index contributed by atoms with van der Waals surface area (Å²) in [6.07, 6.45) is 0. The van der Waals surface area contributed by atoms with Gasteiger partial charge in [0, 0.05) is 18.5 Å². The largest absolute Gasteiger partial charge is 0.422 e. The molecule has 0 bridgehead atoms. The summed E-state index contributed by atoms with van der Waals surface area (Å²) in [5, 5.41) is 0.755. The van der Waals surface area contributed by atoms with E-state index in [1.165, 1.54) is 5.56 Å². The molecule has 4 rings (SSSR count). The smallest absolute Gasteiger partial charge is 0.349 e. The molecule has 1 amide bonds. The van der Waals surface area contributed by atoms with Crippen LogP contribution in [0.15, 0.2) is 63.8 Å². The summed E-state index contributed by atoms with van der Waals surface area (Å²) in [7, 11) is 0. The molecule has 0 aliphatic carbocycles. The van der Waals surface area contributed by atoms with Crippen LogP contribution in [0.5, 0.6) is 0 Å². The third-order valence-electron chi connectivity index (χ3n) is 4.60. The van der Waals surface area contributed by atoms with E-state index in [0.717, 1.165) is 10.9 Å². The molecule has 0 saturated heterocycles. The van der Waals surface area contributed by atoms with E-state index >= 15 is 0 Å². The van der Waals surface area contributed by atoms with E-state index in [2.05, 4.69) is 13.0 Å². The first kappa shape index (κ1) is 14.7. The Morgan fingerprint density at radius 2 is 1.88 bits per heavy atom. The lowest BCUT2D eigenvalue weighted by Crippen LogP contribution is -2.39. The molecule has 0 spiro atoms. The van der Waals surface area contributed by atoms with Crippen molar-refractivity contribution < 1.29 is 9.21 Å². The minimum atomic E-state index is -0.579. The maximum atomic E-state index is 12.9. The molecule has 1 aliphatic heterocycles. The molecule has 4 heteroatoms. The molecule has 1 aromatic heterocycles. The molecule has 0 N–H and O–H groups in total. The highest BCUT2D eigenvalue weighted by atomic mass is 16.4. The normalized spacial score (nSPS) is 16.9. The van der Waals surface area contributed by atoms with E-state index < -0.39 is 5.63 Å². The second kappa shape index (κ2) is 5.64. The Bertz CT molecular complexity index is 989. The van der Waals surface area contributed by atoms with Crippen LogP contribution in [0.4, 0.5) is 0 Å². The summed E-state index contributed by atoms with van der Waals surface area (Å²) in [6, 6.07) is 17.0. The standard InChI is InChI=1S/C20H17NO3/c1-13-11-21(12-15-7-2-4-8-16(13)15)19(22)17-10-14-6-3-5-9-18(14)24-20(17)23/h2-10,13H,11-12H2,1H3. The molecule has 0 fully saturated rings. The van der Waals surface area contributed by atoms with Gasteiger partial charge in [0.15, 0.2) is 0 Å². The molecular formula is C20H17NO3. The first-order chi connectivity index (χ1) is 11.6. The number of hydrogen-bond acceptors (Lipinski definition) is 3. The third kappa shape index (κ3) is 2.40. The Morgan fingerprint density at radius 1 is 1.12 bits per heavy atom. The first-order valence-electron chi connectivity index (χ1n) is 8.03. The van der Waals surface area contributed by atoms with Gasteiger partial charge in [0.05, 0.1) is 0 Å². The predicted molar refractivity (Wildman–Crippen MR) is 92.1 cm³/mol. The van der Waals surface area contributed by atoms with Crippen molar-refractivity contribution in [1.29, 1.82) is 0 Å². The number of hydrogen-bond donors (Lipinski definition) is 0. The van der Waals surface area contributed by atoms with E-state index in [-0.39, 0.29) is 17.4 Å². The predicted octanol–water partition coefficient (Wildman–Crippen LogP) is 3.55. The van der Waals surface area contributed by atoms with Crippen molar-refractivity contribution >= 4 is 16.9 Å². The average Bonchev–Trinajstić information content (AvgIpc) is 2.60. The number of rotatable bonds is 1. The Balaban J connectivity index is 1.72. The lowest BCUT2D eigenvalue weighted by atomic mass is 9.91. The van der Waals surface area contributed by atoms with Crippen LogP contribution >= 0.6 is 0 Å². The zero-order chi connectivity index (χ0) is 16.7. The molecule has 1 aliphatic rings. The molecule has 120 valence electrons. The van der Waals surface area contributed by atoms with Gasteiger partial charge < -0.3 is 9.32 Å². The molecule has 3 aromatic rings. The van der Waals surface area contributed by atoms with Gasteiger partial charge in [-0.25, -0.2) is 4.79 Å². The number of nitrogens with zero attached hydrogens (tertiary/aromatic N) is 1. The fourth-order valence-corrected chi connectivity index (χ4v) is 3.39. The van der Waals surface area contributed by atoms with Crippen molar-refractivity contribution in [3.05, 3.63) is 81.7 Å². The molecule has 0 radical (unpaired) electrons. The highest BCUT2D eigenvalue weighted by Gasteiger charge is 2.27. The fraction of sp³-hybridized carbons (Fsp3) is 0.200. The second-order valence-corrected chi connectivity index (χ2v) is 6.27. The quantitative estimate of drug-likeness (QED) is 0.645. The van der Waals surface area contributed by atoms with Crippen LogP contribution in [0, 0.1) is 0 Å². The van der Waals surface area contributed by atoms with Gasteiger partial charge in [0.25, 0.3) is 5.91 Å². The third-order valence-corrected chi connectivity index (χ3v) is 4.60. The van der Waals surface area contributed by atoms with E-state index in [1.54, 1.807) is 23.1 Å². The molecule has 2 heterocycles. The molecule has 1 atom stereocenters. The van der Waals surface area contributed by atoms with Crippen LogP contribution in [-0.4, -0.2) is 17.4 Å². The summed E-state index contributed by atoms with van der Waals surface area (Å²) in [4.78, 5) is 26.8. The van der Waals surface area contributed by atoms with Crippen molar-refractivity contribution in [2.75, 3.05) is 6.54 Å². The van der Waals surface area contributed by atoms with Crippen LogP contribution in [-0.2, 0) is 6.54 Å². The number of carbonyl (C=O) groups is 1. The Morgan fingerprint density at radius 3 is 2.75 bits per heavy atom. The summed E-state index contributed by atoms with van der Waals surface area (Å²) >= 11 is 0. The summed E-state index contributed by atoms with van der Waals surface area (Å²) < 4.78 is 5.30. The molecule has 4 nitrogen and oxygen atoms in total. The summed E-state index contributed by atoms with van der Waals surface area (Å²) in [6.45, 7) is 3.22. The minimum absolute atomic E-state index is 0.0975. The Hall–Kier alpha value is -2.88. The van der Waals surface area contributed by atoms with E-state index in [1.807, 2.05) is 30.3 Å². The van der Waals surface area contributed by atoms with Gasteiger partial charge in [-0.2, -0.15) is 0 Å². The Labute approximate surface area is 139 Å². The van der Waals surface area contributed by atoms with Gasteiger partial charge in [-0.1, -0.05) is 49.4 Å². The van der Waals surface area contributed by atoms with Gasteiger partial charge >= 0.3 is 5.63 Å². The monoisotopic (exact) mass is 319 g/mol. The van der Waals surface area contributed by atoms with E-state index in [4.69, 9.17) is 4.42 Å². The minimum Gasteiger partial charge on any atom is -0.422 e. The van der Waals surface area contributed by atoms with Crippen LogP contribution in [0.2, 0.25) is 0 Å². The second-order valence-electron chi connectivity index (χ2n) is 6.27. The summed E-state index contributed by atoms with van der Waals surface area (Å²) in [5.74, 6) is -0.0257. The number of amides is 1. The lowest BCUT2D eigenvalue weighted by Gasteiger charge is -2.32. The first-order valence-corrected chi connectivity index (χ1v) is 8.03. The van der Waals surface area contributed by atoms with Gasteiger partial charge in [0.2, 0.25) is 0 Å². The maximum Gasteiger partial charge on any atom is 0.349 e. The van der Waals surface area contributed by atoms with Crippen LogP contribution in [0.1, 0.15) is 34.3 Å². The zero-order valence-electron chi connectivity index (χ0n) is 13.4. The maximum absolute atomic E-state index is 12.9. The zero-order valence-corrected chi connectivity index (χ0v) is 13.4. The molecule has 2 aromatic carbocycles. The van der Waals surface area contributed by atoms with E-state index in [0.29, 0.717) is 18.7 Å². The lowest BCUT2D eigenvalue weighted by molar-refractivity contribution is 0.0716. The number of para-hydroxylation sites is 1. The highest BCUT2D eigenvalue weighted by Crippen LogP contribution is 2.28. The van der Waals surface area contributed by atoms with Crippen molar-refractivity contribution in [2.24, 2.45) is 0 Å². The fourth-order valence-electron chi connectivity index (χ4n) is 3.39. The van der Waals surface area contributed by atoms with Gasteiger partial charge in [-0.3, -0.25) is 4.79 Å². The van der Waals surface area contributed by atoms with Gasteiger partial charge in [-0.05, 0) is 29.2 Å². The Kier molecular flexibility index (Phi) is 3.45. The van der Waals surface area contributed by atoms with Crippen molar-refractivity contribution in [1.82, 2.24) is 4.90 Å². The van der Waals surface area contributed by atoms with Crippen LogP contribution < -0.4 is 5.63 Å². The van der Waals surface area contributed by atoms with Gasteiger partial charge in [-0.15, -0.1) is 0 Å². The van der Waals surface area contributed by atoms with Crippen molar-refractivity contribution in [3.63, 3.8) is 0 Å². The number of benzene rings is 2. The summed E-state index contributed by atoms with van der Waals surface area (Å²) in [5.41, 5.74) is 2.42.